The summed E-state index contributed by atoms with van der Waals surface area (Å²) in [6, 6.07) is 12.7. The summed E-state index contributed by atoms with van der Waals surface area (Å²) >= 11 is 0. The minimum absolute atomic E-state index is 0.0182. The van der Waals surface area contributed by atoms with Crippen molar-refractivity contribution in [1.29, 1.82) is 0 Å². The fourth-order valence-electron chi connectivity index (χ4n) is 3.80. The molecule has 0 fully saturated rings. The van der Waals surface area contributed by atoms with E-state index in [1.165, 1.54) is 31.7 Å². The van der Waals surface area contributed by atoms with Crippen LogP contribution in [0.3, 0.4) is 0 Å². The Morgan fingerprint density at radius 3 is 2.14 bits per heavy atom. The Bertz CT molecular complexity index is 973. The third kappa shape index (κ3) is 12.4. The number of allylic oxidation sites excluding steroid dienone is 4. The Labute approximate surface area is 217 Å². The Kier molecular flexibility index (Phi) is 14.5. The van der Waals surface area contributed by atoms with Gasteiger partial charge >= 0.3 is 5.97 Å². The second-order valence-electron chi connectivity index (χ2n) is 9.09. The van der Waals surface area contributed by atoms with Gasteiger partial charge in [-0.3, -0.25) is 4.79 Å². The maximum atomic E-state index is 12.3. The lowest BCUT2D eigenvalue weighted by molar-refractivity contribution is -0.134. The van der Waals surface area contributed by atoms with E-state index in [-0.39, 0.29) is 17.9 Å². The zero-order chi connectivity index (χ0) is 25.8. The fourth-order valence-corrected chi connectivity index (χ4v) is 3.80. The van der Waals surface area contributed by atoms with Crippen LogP contribution in [0.2, 0.25) is 0 Å². The minimum Gasteiger partial charge on any atom is -0.504 e. The van der Waals surface area contributed by atoms with Gasteiger partial charge in [-0.2, -0.15) is 0 Å². The van der Waals surface area contributed by atoms with Gasteiger partial charge in [0, 0.05) is 6.42 Å². The molecule has 0 atom stereocenters. The molecule has 2 rings (SSSR count). The normalized spacial score (nSPS) is 11.7. The van der Waals surface area contributed by atoms with Gasteiger partial charge in [0.2, 0.25) is 5.75 Å². The predicted molar refractivity (Wildman–Crippen MR) is 150 cm³/mol. The molecule has 0 aliphatic heterocycles. The van der Waals surface area contributed by atoms with E-state index in [2.05, 4.69) is 31.2 Å². The summed E-state index contributed by atoms with van der Waals surface area (Å²) in [5.41, 5.74) is 1.64. The topological polar surface area (TPSA) is 66.8 Å². The molecule has 0 amide bonds. The van der Waals surface area contributed by atoms with Crippen LogP contribution in [0, 0.1) is 0 Å². The molecule has 0 saturated heterocycles. The minimum atomic E-state index is -0.416. The molecule has 0 aliphatic carbocycles. The van der Waals surface area contributed by atoms with Gasteiger partial charge < -0.3 is 14.9 Å². The largest absolute Gasteiger partial charge is 0.504 e. The number of carbonyl (C=O) groups is 1. The average Bonchev–Trinajstić information content (AvgIpc) is 2.88. The molecule has 4 heteroatoms. The quantitative estimate of drug-likeness (QED) is 0.0580. The lowest BCUT2D eigenvalue weighted by atomic mass is 10.1. The molecule has 0 spiro atoms. The molecule has 194 valence electrons. The number of carbonyl (C=O) groups excluding carboxylic acids is 1. The van der Waals surface area contributed by atoms with Crippen LogP contribution < -0.4 is 4.74 Å². The molecule has 0 saturated carbocycles. The maximum absolute atomic E-state index is 12.3. The van der Waals surface area contributed by atoms with E-state index in [0.29, 0.717) is 5.56 Å². The van der Waals surface area contributed by atoms with Crippen molar-refractivity contribution in [2.45, 2.75) is 84.0 Å². The molecule has 0 heterocycles. The Balaban J connectivity index is 1.61. The van der Waals surface area contributed by atoms with Crippen LogP contribution in [0.15, 0.2) is 66.8 Å². The molecule has 2 N–H and O–H groups in total. The van der Waals surface area contributed by atoms with Crippen molar-refractivity contribution in [1.82, 2.24) is 0 Å². The van der Waals surface area contributed by atoms with Crippen molar-refractivity contribution in [3.8, 4) is 17.2 Å². The van der Waals surface area contributed by atoms with Crippen molar-refractivity contribution in [3.05, 3.63) is 77.9 Å². The Morgan fingerprint density at radius 1 is 0.778 bits per heavy atom. The van der Waals surface area contributed by atoms with Gasteiger partial charge in [-0.15, -0.1) is 0 Å². The number of aromatic hydroxyl groups is 2. The fraction of sp³-hybridized carbons (Fsp3) is 0.406. The SMILES string of the molecule is CCCCC/C=C\C/C=C\CCCCCCCC(=O)Oc1cc(C=Cc2ccccc2)cc(O)c1O. The molecular weight excluding hydrogens is 448 g/mol. The van der Waals surface area contributed by atoms with Crippen molar-refractivity contribution in [2.75, 3.05) is 0 Å². The summed E-state index contributed by atoms with van der Waals surface area (Å²) in [5, 5.41) is 20.1. The number of benzene rings is 2. The first-order valence-electron chi connectivity index (χ1n) is 13.4. The first-order valence-corrected chi connectivity index (χ1v) is 13.4. The van der Waals surface area contributed by atoms with Crippen LogP contribution in [0.4, 0.5) is 0 Å². The number of esters is 1. The number of ether oxygens (including phenoxy) is 1. The number of phenolic OH excluding ortho intramolecular Hbond substituents is 2. The van der Waals surface area contributed by atoms with Crippen LogP contribution in [0.5, 0.6) is 17.2 Å². The third-order valence-electron chi connectivity index (χ3n) is 5.90. The van der Waals surface area contributed by atoms with E-state index in [0.717, 1.165) is 50.5 Å². The molecule has 36 heavy (non-hydrogen) atoms. The summed E-state index contributed by atoms with van der Waals surface area (Å²) in [4.78, 5) is 12.3. The van der Waals surface area contributed by atoms with E-state index in [1.54, 1.807) is 12.1 Å². The van der Waals surface area contributed by atoms with Gasteiger partial charge in [-0.05, 0) is 61.8 Å². The predicted octanol–water partition coefficient (Wildman–Crippen LogP) is 8.99. The van der Waals surface area contributed by atoms with E-state index >= 15 is 0 Å². The summed E-state index contributed by atoms with van der Waals surface area (Å²) in [6.07, 6.45) is 25.3. The van der Waals surface area contributed by atoms with Crippen molar-refractivity contribution in [2.24, 2.45) is 0 Å². The lowest BCUT2D eigenvalue weighted by Crippen LogP contribution is -2.07. The third-order valence-corrected chi connectivity index (χ3v) is 5.90. The molecule has 4 nitrogen and oxygen atoms in total. The zero-order valence-electron chi connectivity index (χ0n) is 21.7. The van der Waals surface area contributed by atoms with Crippen molar-refractivity contribution >= 4 is 18.1 Å². The van der Waals surface area contributed by atoms with Crippen LogP contribution in [0.1, 0.15) is 95.1 Å². The molecule has 0 bridgehead atoms. The monoisotopic (exact) mass is 490 g/mol. The standard InChI is InChI=1S/C32H42O4/c1-2-3-4-5-6-7-8-9-10-11-12-13-14-15-19-22-31(34)36-30-26-28(25-29(33)32(30)35)24-23-27-20-17-16-18-21-27/h6-7,9-10,16-18,20-21,23-26,33,35H,2-5,8,11-15,19,22H2,1H3/b7-6-,10-9-,24-23?. The van der Waals surface area contributed by atoms with Crippen LogP contribution in [-0.2, 0) is 4.79 Å². The number of rotatable bonds is 17. The lowest BCUT2D eigenvalue weighted by Gasteiger charge is -2.09. The van der Waals surface area contributed by atoms with E-state index < -0.39 is 11.7 Å². The summed E-state index contributed by atoms with van der Waals surface area (Å²) in [7, 11) is 0. The summed E-state index contributed by atoms with van der Waals surface area (Å²) in [6.45, 7) is 2.23. The first-order chi connectivity index (χ1) is 17.6. The van der Waals surface area contributed by atoms with Crippen molar-refractivity contribution < 1.29 is 19.7 Å². The van der Waals surface area contributed by atoms with Crippen LogP contribution >= 0.6 is 0 Å². The molecule has 0 aliphatic rings. The van der Waals surface area contributed by atoms with Gasteiger partial charge in [0.05, 0.1) is 0 Å². The Hall–Kier alpha value is -3.27. The zero-order valence-corrected chi connectivity index (χ0v) is 21.7. The van der Waals surface area contributed by atoms with Gasteiger partial charge in [0.25, 0.3) is 0 Å². The maximum Gasteiger partial charge on any atom is 0.311 e. The van der Waals surface area contributed by atoms with E-state index in [9.17, 15) is 15.0 Å². The highest BCUT2D eigenvalue weighted by atomic mass is 16.5. The van der Waals surface area contributed by atoms with E-state index in [4.69, 9.17) is 4.74 Å². The van der Waals surface area contributed by atoms with Gasteiger partial charge in [-0.1, -0.05) is 106 Å². The summed E-state index contributed by atoms with van der Waals surface area (Å²) < 4.78 is 5.34. The van der Waals surface area contributed by atoms with Gasteiger partial charge in [0.15, 0.2) is 11.5 Å². The second-order valence-corrected chi connectivity index (χ2v) is 9.09. The number of hydrogen-bond acceptors (Lipinski definition) is 4. The molecule has 0 aromatic heterocycles. The highest BCUT2D eigenvalue weighted by Gasteiger charge is 2.13. The molecule has 0 unspecified atom stereocenters. The summed E-state index contributed by atoms with van der Waals surface area (Å²) in [5.74, 6) is -1.15. The number of hydrogen-bond donors (Lipinski definition) is 2. The number of phenols is 2. The smallest absolute Gasteiger partial charge is 0.311 e. The molecule has 0 radical (unpaired) electrons. The highest BCUT2D eigenvalue weighted by Crippen LogP contribution is 2.37. The van der Waals surface area contributed by atoms with Gasteiger partial charge in [-0.25, -0.2) is 0 Å². The van der Waals surface area contributed by atoms with Crippen LogP contribution in [-0.4, -0.2) is 16.2 Å². The molecule has 2 aromatic carbocycles. The Morgan fingerprint density at radius 2 is 1.42 bits per heavy atom. The van der Waals surface area contributed by atoms with Crippen molar-refractivity contribution in [3.63, 3.8) is 0 Å². The number of unbranched alkanes of at least 4 members (excludes halogenated alkanes) is 8. The van der Waals surface area contributed by atoms with E-state index in [1.807, 2.05) is 36.4 Å². The highest BCUT2D eigenvalue weighted by molar-refractivity contribution is 5.76. The molecule has 2 aromatic rings. The molecular formula is C32H42O4. The van der Waals surface area contributed by atoms with Crippen LogP contribution in [0.25, 0.3) is 12.2 Å². The van der Waals surface area contributed by atoms with Gasteiger partial charge in [0.1, 0.15) is 0 Å². The first kappa shape index (κ1) is 29.0. The average molecular weight is 491 g/mol. The second kappa shape index (κ2) is 18.1.